The highest BCUT2D eigenvalue weighted by atomic mass is 16.3. The largest absolute Gasteiger partial charge is 0.388 e. The fourth-order valence-corrected chi connectivity index (χ4v) is 6.47. The van der Waals surface area contributed by atoms with E-state index in [1.165, 1.54) is 31.3 Å². The average Bonchev–Trinajstić information content (AvgIpc) is 3.15. The number of hydrogen-bond acceptors (Lipinski definition) is 5. The van der Waals surface area contributed by atoms with E-state index in [-0.39, 0.29) is 11.3 Å². The Balaban J connectivity index is 1.74. The van der Waals surface area contributed by atoms with Gasteiger partial charge in [-0.1, -0.05) is 73.2 Å². The molecule has 7 atom stereocenters. The van der Waals surface area contributed by atoms with Gasteiger partial charge in [-0.15, -0.1) is 0 Å². The standard InChI is InChI=1S/C28H42N2O3/c1-18(9-10-19(2)27(4,5)30-33)23-13-14-24-22(8-7-15-28(23,24)6)12-11-21-16-25(29-32)20(3)26(31)17-21/h9-12,18-19,23-26,31H,3,7-8,13-17H2,1-2,4-6H3/b10-9+,21-11-,22-12+/t18-,19-,23?,24?,25-,26-,28-/m1/s1. The van der Waals surface area contributed by atoms with Crippen molar-refractivity contribution in [1.82, 2.24) is 0 Å². The number of nitroso groups, excluding NO2 is 2. The summed E-state index contributed by atoms with van der Waals surface area (Å²) < 4.78 is 0. The van der Waals surface area contributed by atoms with E-state index in [1.54, 1.807) is 0 Å². The van der Waals surface area contributed by atoms with Gasteiger partial charge in [0.25, 0.3) is 0 Å². The van der Waals surface area contributed by atoms with E-state index >= 15 is 0 Å². The molecule has 1 N–H and O–H groups in total. The SMILES string of the molecule is C=C1[C@H](O)C/C(=C\C=C2/CCC[C@@]3(C)C2CCC3[C@H](C)/C=C/[C@@H](C)C(C)(C)N=O)C[C@H]1N=O. The van der Waals surface area contributed by atoms with Gasteiger partial charge in [-0.25, -0.2) is 0 Å². The summed E-state index contributed by atoms with van der Waals surface area (Å²) in [6, 6.07) is -0.514. The molecule has 0 spiro atoms. The summed E-state index contributed by atoms with van der Waals surface area (Å²) in [6.07, 6.45) is 15.4. The van der Waals surface area contributed by atoms with Crippen LogP contribution in [0.4, 0.5) is 0 Å². The molecule has 3 aliphatic carbocycles. The second kappa shape index (κ2) is 10.2. The summed E-state index contributed by atoms with van der Waals surface area (Å²) in [7, 11) is 0. The highest BCUT2D eigenvalue weighted by molar-refractivity contribution is 5.30. The molecule has 33 heavy (non-hydrogen) atoms. The van der Waals surface area contributed by atoms with Crippen molar-refractivity contribution in [3.05, 3.63) is 57.4 Å². The van der Waals surface area contributed by atoms with Crippen molar-refractivity contribution in [2.75, 3.05) is 0 Å². The first-order chi connectivity index (χ1) is 15.5. The molecule has 0 aromatic rings. The summed E-state index contributed by atoms with van der Waals surface area (Å²) in [5, 5.41) is 16.7. The van der Waals surface area contributed by atoms with Crippen LogP contribution in [0.3, 0.4) is 0 Å². The van der Waals surface area contributed by atoms with Crippen LogP contribution in [0.15, 0.2) is 58.0 Å². The van der Waals surface area contributed by atoms with Gasteiger partial charge in [0.15, 0.2) is 0 Å². The molecule has 0 heterocycles. The number of hydrogen-bond donors (Lipinski definition) is 1. The van der Waals surface area contributed by atoms with Crippen LogP contribution < -0.4 is 0 Å². The molecule has 0 aromatic carbocycles. The minimum absolute atomic E-state index is 0.113. The molecule has 0 aromatic heterocycles. The van der Waals surface area contributed by atoms with E-state index in [9.17, 15) is 14.9 Å². The molecule has 0 bridgehead atoms. The first-order valence-corrected chi connectivity index (χ1v) is 12.6. The molecule has 0 amide bonds. The minimum Gasteiger partial charge on any atom is -0.388 e. The third kappa shape index (κ3) is 5.29. The Bertz CT molecular complexity index is 855. The van der Waals surface area contributed by atoms with Gasteiger partial charge >= 0.3 is 0 Å². The maximum atomic E-state index is 11.2. The molecular weight excluding hydrogens is 412 g/mol. The predicted octanol–water partition coefficient (Wildman–Crippen LogP) is 7.27. The van der Waals surface area contributed by atoms with Gasteiger partial charge in [-0.3, -0.25) is 0 Å². The second-order valence-electron chi connectivity index (χ2n) is 11.6. The van der Waals surface area contributed by atoms with Crippen LogP contribution in [-0.4, -0.2) is 22.8 Å². The van der Waals surface area contributed by atoms with Crippen molar-refractivity contribution in [2.24, 2.45) is 39.4 Å². The zero-order chi connectivity index (χ0) is 24.4. The summed E-state index contributed by atoms with van der Waals surface area (Å²) in [5.74, 6) is 1.78. The lowest BCUT2D eigenvalue weighted by Gasteiger charge is -2.44. The zero-order valence-corrected chi connectivity index (χ0v) is 21.1. The first kappa shape index (κ1) is 25.7. The Morgan fingerprint density at radius 1 is 1.15 bits per heavy atom. The minimum atomic E-state index is -0.673. The fourth-order valence-electron chi connectivity index (χ4n) is 6.47. The van der Waals surface area contributed by atoms with Crippen molar-refractivity contribution >= 4 is 0 Å². The van der Waals surface area contributed by atoms with Crippen molar-refractivity contribution in [3.63, 3.8) is 0 Å². The van der Waals surface area contributed by atoms with Crippen LogP contribution in [-0.2, 0) is 0 Å². The zero-order valence-electron chi connectivity index (χ0n) is 21.1. The Hall–Kier alpha value is -1.88. The molecule has 5 heteroatoms. The molecule has 3 aliphatic rings. The van der Waals surface area contributed by atoms with Crippen LogP contribution in [0, 0.1) is 38.9 Å². The molecule has 0 saturated heterocycles. The van der Waals surface area contributed by atoms with E-state index in [4.69, 9.17) is 0 Å². The van der Waals surface area contributed by atoms with Gasteiger partial charge in [-0.2, -0.15) is 9.81 Å². The number of fused-ring (bicyclic) bond motifs is 1. The molecular formula is C28H42N2O3. The van der Waals surface area contributed by atoms with Crippen molar-refractivity contribution in [2.45, 2.75) is 97.2 Å². The molecule has 5 nitrogen and oxygen atoms in total. The molecule has 0 aliphatic heterocycles. The van der Waals surface area contributed by atoms with Crippen LogP contribution in [0.5, 0.6) is 0 Å². The number of aliphatic hydroxyl groups is 1. The molecule has 3 fully saturated rings. The van der Waals surface area contributed by atoms with E-state index in [0.717, 1.165) is 12.0 Å². The van der Waals surface area contributed by atoms with E-state index < -0.39 is 17.7 Å². The Morgan fingerprint density at radius 2 is 1.88 bits per heavy atom. The van der Waals surface area contributed by atoms with E-state index in [2.05, 4.69) is 62.0 Å². The van der Waals surface area contributed by atoms with Crippen LogP contribution >= 0.6 is 0 Å². The van der Waals surface area contributed by atoms with E-state index in [0.29, 0.717) is 36.2 Å². The van der Waals surface area contributed by atoms with Crippen LogP contribution in [0.1, 0.15) is 79.6 Å². The lowest BCUT2D eigenvalue weighted by Crippen LogP contribution is -2.35. The predicted molar refractivity (Wildman–Crippen MR) is 136 cm³/mol. The lowest BCUT2D eigenvalue weighted by molar-refractivity contribution is 0.112. The Morgan fingerprint density at radius 3 is 2.55 bits per heavy atom. The van der Waals surface area contributed by atoms with Gasteiger partial charge in [0, 0.05) is 5.92 Å². The fraction of sp³-hybridized carbons (Fsp3) is 0.714. The summed E-state index contributed by atoms with van der Waals surface area (Å²) in [5.41, 5.74) is 2.85. The number of rotatable bonds is 7. The lowest BCUT2D eigenvalue weighted by atomic mass is 9.61. The van der Waals surface area contributed by atoms with Crippen LogP contribution in [0.2, 0.25) is 0 Å². The number of allylic oxidation sites excluding steroid dienone is 4. The van der Waals surface area contributed by atoms with Gasteiger partial charge in [0.2, 0.25) is 0 Å². The maximum absolute atomic E-state index is 11.2. The van der Waals surface area contributed by atoms with Crippen molar-refractivity contribution in [1.29, 1.82) is 0 Å². The highest BCUT2D eigenvalue weighted by Crippen LogP contribution is 2.59. The molecule has 3 saturated carbocycles. The summed E-state index contributed by atoms with van der Waals surface area (Å²) >= 11 is 0. The number of nitrogens with zero attached hydrogens (tertiary/aromatic N) is 2. The topological polar surface area (TPSA) is 79.1 Å². The van der Waals surface area contributed by atoms with Gasteiger partial charge in [-0.05, 0) is 87.5 Å². The summed E-state index contributed by atoms with van der Waals surface area (Å²) in [4.78, 5) is 22.3. The monoisotopic (exact) mass is 454 g/mol. The quantitative estimate of drug-likeness (QED) is 0.324. The third-order valence-corrected chi connectivity index (χ3v) is 9.15. The summed E-state index contributed by atoms with van der Waals surface area (Å²) in [6.45, 7) is 14.5. The molecule has 182 valence electrons. The first-order valence-electron chi connectivity index (χ1n) is 12.6. The Labute approximate surface area is 199 Å². The Kier molecular flexibility index (Phi) is 7.93. The van der Waals surface area contributed by atoms with Crippen molar-refractivity contribution < 1.29 is 5.11 Å². The normalized spacial score (nSPS) is 37.3. The van der Waals surface area contributed by atoms with Crippen molar-refractivity contribution in [3.8, 4) is 0 Å². The van der Waals surface area contributed by atoms with Crippen LogP contribution in [0.25, 0.3) is 0 Å². The molecule has 0 radical (unpaired) electrons. The second-order valence-corrected chi connectivity index (χ2v) is 11.6. The smallest absolute Gasteiger partial charge is 0.119 e. The highest BCUT2D eigenvalue weighted by Gasteiger charge is 2.50. The molecule has 3 rings (SSSR count). The number of aliphatic hydroxyl groups excluding tert-OH is 1. The third-order valence-electron chi connectivity index (χ3n) is 9.15. The average molecular weight is 455 g/mol. The molecule has 2 unspecified atom stereocenters. The maximum Gasteiger partial charge on any atom is 0.119 e. The van der Waals surface area contributed by atoms with Gasteiger partial charge in [0.05, 0.1) is 6.10 Å². The van der Waals surface area contributed by atoms with E-state index in [1.807, 2.05) is 13.8 Å². The van der Waals surface area contributed by atoms with Gasteiger partial charge in [0.1, 0.15) is 11.6 Å². The van der Waals surface area contributed by atoms with Gasteiger partial charge < -0.3 is 5.11 Å².